The third-order valence-corrected chi connectivity index (χ3v) is 3.95. The van der Waals surface area contributed by atoms with Crippen LogP contribution in [0, 0.1) is 0 Å². The molecule has 0 atom stereocenters. The van der Waals surface area contributed by atoms with Gasteiger partial charge in [0.05, 0.1) is 16.1 Å². The Balaban J connectivity index is 2.30. The molecule has 0 unspecified atom stereocenters. The second-order valence-corrected chi connectivity index (χ2v) is 5.38. The van der Waals surface area contributed by atoms with Gasteiger partial charge in [-0.25, -0.2) is 4.79 Å². The van der Waals surface area contributed by atoms with E-state index in [0.717, 1.165) is 16.0 Å². The summed E-state index contributed by atoms with van der Waals surface area (Å²) >= 11 is 1.08. The fraction of sp³-hybridized carbons (Fsp3) is 0. The molecule has 0 bridgehead atoms. The number of aromatic carboxylic acids is 1. The molecule has 3 rings (SSSR count). The zero-order valence-corrected chi connectivity index (χ0v) is 12.2. The Morgan fingerprint density at radius 3 is 2.70 bits per heavy atom. The van der Waals surface area contributed by atoms with Crippen molar-refractivity contribution in [3.63, 3.8) is 0 Å². The Bertz CT molecular complexity index is 1030. The third-order valence-electron chi connectivity index (χ3n) is 3.14. The Hall–Kier alpha value is -3.36. The lowest BCUT2D eigenvalue weighted by atomic mass is 10.2. The van der Waals surface area contributed by atoms with Crippen molar-refractivity contribution in [2.75, 3.05) is 5.73 Å². The number of benzene rings is 1. The number of carbonyl (C=O) groups is 1. The standard InChI is InChI=1S/C13H8N6O3S/c14-11-9-8(5-23-11)10(13(21)22)17-19(12(9)20)7-3-1-6(2-4-7)16-18-15/h1-5H,14H2,(H,21,22). The maximum atomic E-state index is 12.5. The van der Waals surface area contributed by atoms with Crippen molar-refractivity contribution < 1.29 is 9.90 Å². The smallest absolute Gasteiger partial charge is 0.357 e. The molecule has 0 amide bonds. The highest BCUT2D eigenvalue weighted by atomic mass is 32.1. The number of azide groups is 1. The zero-order valence-electron chi connectivity index (χ0n) is 11.4. The van der Waals surface area contributed by atoms with Crippen LogP contribution in [0.2, 0.25) is 0 Å². The highest BCUT2D eigenvalue weighted by Crippen LogP contribution is 2.27. The van der Waals surface area contributed by atoms with E-state index in [1.807, 2.05) is 0 Å². The number of hydrogen-bond acceptors (Lipinski definition) is 6. The summed E-state index contributed by atoms with van der Waals surface area (Å²) in [5.41, 5.74) is 14.1. The highest BCUT2D eigenvalue weighted by Gasteiger charge is 2.19. The normalized spacial score (nSPS) is 10.4. The molecule has 23 heavy (non-hydrogen) atoms. The molecular weight excluding hydrogens is 320 g/mol. The van der Waals surface area contributed by atoms with Crippen molar-refractivity contribution in [1.82, 2.24) is 9.78 Å². The van der Waals surface area contributed by atoms with E-state index < -0.39 is 11.5 Å². The minimum Gasteiger partial charge on any atom is -0.476 e. The predicted molar refractivity (Wildman–Crippen MR) is 85.4 cm³/mol. The number of nitrogens with zero attached hydrogens (tertiary/aromatic N) is 5. The number of anilines is 1. The Morgan fingerprint density at radius 1 is 1.39 bits per heavy atom. The summed E-state index contributed by atoms with van der Waals surface area (Å²) < 4.78 is 0.967. The van der Waals surface area contributed by atoms with Crippen LogP contribution in [0.1, 0.15) is 10.5 Å². The monoisotopic (exact) mass is 328 g/mol. The number of rotatable bonds is 3. The third kappa shape index (κ3) is 2.37. The Morgan fingerprint density at radius 2 is 2.09 bits per heavy atom. The maximum Gasteiger partial charge on any atom is 0.357 e. The second-order valence-electron chi connectivity index (χ2n) is 4.47. The van der Waals surface area contributed by atoms with E-state index in [0.29, 0.717) is 11.4 Å². The lowest BCUT2D eigenvalue weighted by Crippen LogP contribution is -2.24. The van der Waals surface area contributed by atoms with Gasteiger partial charge in [-0.15, -0.1) is 11.3 Å². The summed E-state index contributed by atoms with van der Waals surface area (Å²) in [6.07, 6.45) is 0. The molecule has 1 aromatic carbocycles. The van der Waals surface area contributed by atoms with E-state index >= 15 is 0 Å². The first-order valence-corrected chi connectivity index (χ1v) is 7.09. The van der Waals surface area contributed by atoms with Gasteiger partial charge in [0, 0.05) is 21.4 Å². The van der Waals surface area contributed by atoms with Gasteiger partial charge in [-0.1, -0.05) is 17.2 Å². The fourth-order valence-electron chi connectivity index (χ4n) is 2.12. The van der Waals surface area contributed by atoms with Crippen LogP contribution in [0.15, 0.2) is 39.6 Å². The van der Waals surface area contributed by atoms with Gasteiger partial charge in [0.25, 0.3) is 5.56 Å². The number of nitrogen functional groups attached to an aromatic ring is 1. The number of aromatic nitrogens is 2. The fourth-order valence-corrected chi connectivity index (χ4v) is 2.91. The van der Waals surface area contributed by atoms with Crippen molar-refractivity contribution in [1.29, 1.82) is 0 Å². The number of hydrogen-bond donors (Lipinski definition) is 2. The molecule has 0 aliphatic heterocycles. The summed E-state index contributed by atoms with van der Waals surface area (Å²) in [7, 11) is 0. The summed E-state index contributed by atoms with van der Waals surface area (Å²) in [6.45, 7) is 0. The van der Waals surface area contributed by atoms with Gasteiger partial charge in [0.15, 0.2) is 5.69 Å². The molecule has 0 aliphatic carbocycles. The van der Waals surface area contributed by atoms with Crippen molar-refractivity contribution >= 4 is 38.8 Å². The molecule has 0 radical (unpaired) electrons. The molecule has 9 nitrogen and oxygen atoms in total. The van der Waals surface area contributed by atoms with Crippen molar-refractivity contribution in [2.24, 2.45) is 5.11 Å². The van der Waals surface area contributed by atoms with Gasteiger partial charge in [-0.2, -0.15) is 9.78 Å². The van der Waals surface area contributed by atoms with Crippen LogP contribution < -0.4 is 11.3 Å². The van der Waals surface area contributed by atoms with Gasteiger partial charge in [0.2, 0.25) is 0 Å². The zero-order chi connectivity index (χ0) is 16.6. The molecule has 114 valence electrons. The molecule has 3 N–H and O–H groups in total. The van der Waals surface area contributed by atoms with Crippen LogP contribution >= 0.6 is 11.3 Å². The molecule has 0 saturated carbocycles. The second kappa shape index (κ2) is 5.44. The van der Waals surface area contributed by atoms with Crippen LogP contribution in [0.25, 0.3) is 26.9 Å². The topological polar surface area (TPSA) is 147 Å². The first kappa shape index (κ1) is 14.6. The first-order chi connectivity index (χ1) is 11.0. The van der Waals surface area contributed by atoms with Crippen molar-refractivity contribution in [3.8, 4) is 5.69 Å². The molecule has 0 fully saturated rings. The molecule has 0 saturated heterocycles. The number of carboxylic acid groups (broad SMARTS) is 1. The van der Waals surface area contributed by atoms with Gasteiger partial charge in [-0.3, -0.25) is 4.79 Å². The average molecular weight is 328 g/mol. The molecular formula is C13H8N6O3S. The SMILES string of the molecule is [N-]=[N+]=Nc1ccc(-n2nc(C(=O)O)c3csc(N)c3c2=O)cc1. The summed E-state index contributed by atoms with van der Waals surface area (Å²) in [5.74, 6) is -1.26. The summed E-state index contributed by atoms with van der Waals surface area (Å²) in [4.78, 5) is 26.6. The predicted octanol–water partition coefficient (Wildman–Crippen LogP) is 2.67. The molecule has 0 aliphatic rings. The van der Waals surface area contributed by atoms with E-state index in [2.05, 4.69) is 15.1 Å². The highest BCUT2D eigenvalue weighted by molar-refractivity contribution is 7.15. The number of nitrogens with two attached hydrogens (primary N) is 1. The van der Waals surface area contributed by atoms with Gasteiger partial charge in [0.1, 0.15) is 0 Å². The van der Waals surface area contributed by atoms with Crippen LogP contribution in [-0.2, 0) is 0 Å². The summed E-state index contributed by atoms with van der Waals surface area (Å²) in [5, 5.41) is 18.7. The van der Waals surface area contributed by atoms with Crippen LogP contribution in [0.5, 0.6) is 0 Å². The minimum atomic E-state index is -1.26. The number of fused-ring (bicyclic) bond motifs is 1. The van der Waals surface area contributed by atoms with Crippen LogP contribution in [-0.4, -0.2) is 20.9 Å². The minimum absolute atomic E-state index is 0.126. The quantitative estimate of drug-likeness (QED) is 0.431. The lowest BCUT2D eigenvalue weighted by Gasteiger charge is -2.07. The van der Waals surface area contributed by atoms with Gasteiger partial charge < -0.3 is 10.8 Å². The van der Waals surface area contributed by atoms with E-state index in [1.54, 1.807) is 0 Å². The largest absolute Gasteiger partial charge is 0.476 e. The van der Waals surface area contributed by atoms with Crippen molar-refractivity contribution in [2.45, 2.75) is 0 Å². The number of carboxylic acids is 1. The molecule has 2 aromatic heterocycles. The molecule has 3 aromatic rings. The maximum absolute atomic E-state index is 12.5. The van der Waals surface area contributed by atoms with E-state index in [-0.39, 0.29) is 21.5 Å². The van der Waals surface area contributed by atoms with E-state index in [4.69, 9.17) is 11.3 Å². The molecule has 0 spiro atoms. The van der Waals surface area contributed by atoms with Gasteiger partial charge in [-0.05, 0) is 17.7 Å². The van der Waals surface area contributed by atoms with E-state index in [9.17, 15) is 14.7 Å². The van der Waals surface area contributed by atoms with Gasteiger partial charge >= 0.3 is 5.97 Å². The van der Waals surface area contributed by atoms with Crippen molar-refractivity contribution in [3.05, 3.63) is 56.1 Å². The molecule has 10 heteroatoms. The summed E-state index contributed by atoms with van der Waals surface area (Å²) in [6, 6.07) is 5.98. The molecule has 2 heterocycles. The lowest BCUT2D eigenvalue weighted by molar-refractivity contribution is 0.0691. The number of thiophene rings is 1. The van der Waals surface area contributed by atoms with Crippen LogP contribution in [0.4, 0.5) is 10.7 Å². The Labute approximate surface area is 131 Å². The average Bonchev–Trinajstić information content (AvgIpc) is 2.91. The Kier molecular flexibility index (Phi) is 3.45. The first-order valence-electron chi connectivity index (χ1n) is 6.21. The van der Waals surface area contributed by atoms with E-state index in [1.165, 1.54) is 29.6 Å². The van der Waals surface area contributed by atoms with Crippen LogP contribution in [0.3, 0.4) is 0 Å².